The molecule has 1 aromatic rings. The normalized spacial score (nSPS) is 10.8. The second-order valence-electron chi connectivity index (χ2n) is 4.75. The largest absolute Gasteiger partial charge is 0.496 e. The van der Waals surface area contributed by atoms with Crippen molar-refractivity contribution in [1.82, 2.24) is 4.90 Å². The summed E-state index contributed by atoms with van der Waals surface area (Å²) in [6.07, 6.45) is 2.27. The van der Waals surface area contributed by atoms with Crippen molar-refractivity contribution >= 4 is 17.2 Å². The molecule has 0 aliphatic rings. The first-order valence-corrected chi connectivity index (χ1v) is 7.33. The number of aliphatic hydroxyl groups excluding tert-OH is 1. The van der Waals surface area contributed by atoms with Gasteiger partial charge in [-0.3, -0.25) is 4.90 Å². The number of methoxy groups -OCH3 is 1. The maximum atomic E-state index is 9.13. The summed E-state index contributed by atoms with van der Waals surface area (Å²) in [6, 6.07) is 5.87. The maximum Gasteiger partial charge on any atom is 0.129 e. The Bertz CT molecular complexity index is 438. The molecule has 0 atom stereocenters. The highest BCUT2D eigenvalue weighted by molar-refractivity contribution is 7.80. The molecule has 0 amide bonds. The van der Waals surface area contributed by atoms with E-state index in [1.54, 1.807) is 7.11 Å². The van der Waals surface area contributed by atoms with E-state index in [2.05, 4.69) is 11.8 Å². The number of unbranched alkanes of at least 4 members (excludes halogenated alkanes) is 1. The lowest BCUT2D eigenvalue weighted by atomic mass is 10.1. The van der Waals surface area contributed by atoms with Crippen molar-refractivity contribution in [2.45, 2.75) is 26.3 Å². The Morgan fingerprint density at radius 3 is 2.70 bits per heavy atom. The van der Waals surface area contributed by atoms with E-state index in [-0.39, 0.29) is 6.61 Å². The van der Waals surface area contributed by atoms with Crippen LogP contribution in [0.25, 0.3) is 0 Å². The molecule has 0 fully saturated rings. The molecule has 3 N–H and O–H groups in total. The zero-order valence-electron chi connectivity index (χ0n) is 12.3. The molecule has 0 aliphatic carbocycles. The average Bonchev–Trinajstić information content (AvgIpc) is 2.44. The third-order valence-electron chi connectivity index (χ3n) is 3.18. The summed E-state index contributed by atoms with van der Waals surface area (Å²) in [7, 11) is 1.61. The number of rotatable bonds is 9. The van der Waals surface area contributed by atoms with Crippen molar-refractivity contribution in [2.75, 3.05) is 26.8 Å². The summed E-state index contributed by atoms with van der Waals surface area (Å²) in [4.78, 5) is 2.57. The van der Waals surface area contributed by atoms with E-state index in [1.165, 1.54) is 0 Å². The smallest absolute Gasteiger partial charge is 0.129 e. The minimum atomic E-state index is 0.172. The van der Waals surface area contributed by atoms with E-state index in [0.29, 0.717) is 17.3 Å². The highest BCUT2D eigenvalue weighted by atomic mass is 32.1. The first kappa shape index (κ1) is 16.9. The summed E-state index contributed by atoms with van der Waals surface area (Å²) >= 11 is 5.00. The lowest BCUT2D eigenvalue weighted by Gasteiger charge is -2.21. The number of ether oxygens (including phenoxy) is 1. The standard InChI is InChI=1S/C15H24N2O2S/c1-3-4-7-17(8-9-18)11-12-5-6-13(15(16)20)14(10-12)19-2/h5-6,10,18H,3-4,7-9,11H2,1-2H3,(H2,16,20). The van der Waals surface area contributed by atoms with Gasteiger partial charge in [0.1, 0.15) is 10.7 Å². The number of benzene rings is 1. The predicted octanol–water partition coefficient (Wildman–Crippen LogP) is 1.92. The molecule has 1 rings (SSSR count). The van der Waals surface area contributed by atoms with E-state index in [4.69, 9.17) is 27.8 Å². The second-order valence-corrected chi connectivity index (χ2v) is 5.19. The maximum absolute atomic E-state index is 9.13. The molecule has 20 heavy (non-hydrogen) atoms. The van der Waals surface area contributed by atoms with Crippen LogP contribution in [-0.2, 0) is 6.54 Å². The van der Waals surface area contributed by atoms with Gasteiger partial charge in [-0.25, -0.2) is 0 Å². The minimum absolute atomic E-state index is 0.172. The summed E-state index contributed by atoms with van der Waals surface area (Å²) in [5.41, 5.74) is 7.55. The molecule has 0 unspecified atom stereocenters. The number of nitrogens with two attached hydrogens (primary N) is 1. The Morgan fingerprint density at radius 2 is 2.15 bits per heavy atom. The van der Waals surface area contributed by atoms with Crippen LogP contribution in [0.1, 0.15) is 30.9 Å². The Balaban J connectivity index is 2.81. The lowest BCUT2D eigenvalue weighted by molar-refractivity contribution is 0.188. The first-order valence-electron chi connectivity index (χ1n) is 6.92. The fraction of sp³-hybridized carbons (Fsp3) is 0.533. The van der Waals surface area contributed by atoms with Crippen LogP contribution in [-0.4, -0.2) is 41.8 Å². The van der Waals surface area contributed by atoms with Gasteiger partial charge in [0.2, 0.25) is 0 Å². The molecule has 1 aromatic carbocycles. The number of nitrogens with zero attached hydrogens (tertiary/aromatic N) is 1. The fourth-order valence-electron chi connectivity index (χ4n) is 2.09. The van der Waals surface area contributed by atoms with Gasteiger partial charge in [-0.1, -0.05) is 31.6 Å². The molecule has 0 saturated carbocycles. The van der Waals surface area contributed by atoms with Crippen LogP contribution in [0, 0.1) is 0 Å². The molecular formula is C15H24N2O2S. The van der Waals surface area contributed by atoms with E-state index >= 15 is 0 Å². The van der Waals surface area contributed by atoms with Crippen LogP contribution in [0.15, 0.2) is 18.2 Å². The monoisotopic (exact) mass is 296 g/mol. The van der Waals surface area contributed by atoms with Crippen molar-refractivity contribution in [3.63, 3.8) is 0 Å². The van der Waals surface area contributed by atoms with Gasteiger partial charge in [0.15, 0.2) is 0 Å². The first-order chi connectivity index (χ1) is 9.62. The van der Waals surface area contributed by atoms with Crippen LogP contribution in [0.2, 0.25) is 0 Å². The number of hydrogen-bond acceptors (Lipinski definition) is 4. The Morgan fingerprint density at radius 1 is 1.40 bits per heavy atom. The van der Waals surface area contributed by atoms with Crippen molar-refractivity contribution in [1.29, 1.82) is 0 Å². The average molecular weight is 296 g/mol. The highest BCUT2D eigenvalue weighted by Gasteiger charge is 2.10. The molecular weight excluding hydrogens is 272 g/mol. The second kappa shape index (κ2) is 8.89. The van der Waals surface area contributed by atoms with Gasteiger partial charge in [0.25, 0.3) is 0 Å². The van der Waals surface area contributed by atoms with Crippen molar-refractivity contribution < 1.29 is 9.84 Å². The van der Waals surface area contributed by atoms with Gasteiger partial charge in [0, 0.05) is 13.1 Å². The molecule has 0 aliphatic heterocycles. The van der Waals surface area contributed by atoms with E-state index in [9.17, 15) is 0 Å². The van der Waals surface area contributed by atoms with E-state index in [1.807, 2.05) is 18.2 Å². The highest BCUT2D eigenvalue weighted by Crippen LogP contribution is 2.21. The number of aliphatic hydroxyl groups is 1. The Hall–Kier alpha value is -1.17. The van der Waals surface area contributed by atoms with Gasteiger partial charge in [-0.05, 0) is 30.7 Å². The summed E-state index contributed by atoms with van der Waals surface area (Å²) in [6.45, 7) is 4.79. The van der Waals surface area contributed by atoms with Crippen molar-refractivity contribution in [2.24, 2.45) is 5.73 Å². The topological polar surface area (TPSA) is 58.7 Å². The van der Waals surface area contributed by atoms with Crippen LogP contribution in [0.3, 0.4) is 0 Å². The molecule has 5 heteroatoms. The van der Waals surface area contributed by atoms with Crippen LogP contribution in [0.5, 0.6) is 5.75 Å². The SMILES string of the molecule is CCCCN(CCO)Cc1ccc(C(N)=S)c(OC)c1. The Kier molecular flexibility index (Phi) is 7.51. The summed E-state index contributed by atoms with van der Waals surface area (Å²) in [5.74, 6) is 0.703. The molecule has 0 spiro atoms. The van der Waals surface area contributed by atoms with Crippen LogP contribution >= 0.6 is 12.2 Å². The van der Waals surface area contributed by atoms with Gasteiger partial charge in [-0.15, -0.1) is 0 Å². The van der Waals surface area contributed by atoms with Crippen molar-refractivity contribution in [3.05, 3.63) is 29.3 Å². The number of hydrogen-bond donors (Lipinski definition) is 2. The molecule has 0 heterocycles. The molecule has 112 valence electrons. The van der Waals surface area contributed by atoms with Crippen molar-refractivity contribution in [3.8, 4) is 5.75 Å². The fourth-order valence-corrected chi connectivity index (χ4v) is 2.26. The lowest BCUT2D eigenvalue weighted by Crippen LogP contribution is -2.27. The molecule has 4 nitrogen and oxygen atoms in total. The minimum Gasteiger partial charge on any atom is -0.496 e. The number of thiocarbonyl (C=S) groups is 1. The summed E-state index contributed by atoms with van der Waals surface area (Å²) < 4.78 is 5.33. The Labute approximate surface area is 126 Å². The van der Waals surface area contributed by atoms with Crippen LogP contribution in [0.4, 0.5) is 0 Å². The van der Waals surface area contributed by atoms with Gasteiger partial charge >= 0.3 is 0 Å². The van der Waals surface area contributed by atoms with Crippen LogP contribution < -0.4 is 10.5 Å². The van der Waals surface area contributed by atoms with Gasteiger partial charge in [-0.2, -0.15) is 0 Å². The quantitative estimate of drug-likeness (QED) is 0.682. The molecule has 0 saturated heterocycles. The zero-order valence-corrected chi connectivity index (χ0v) is 13.1. The zero-order chi connectivity index (χ0) is 15.0. The van der Waals surface area contributed by atoms with Gasteiger partial charge < -0.3 is 15.6 Å². The van der Waals surface area contributed by atoms with Gasteiger partial charge in [0.05, 0.1) is 19.3 Å². The van der Waals surface area contributed by atoms with E-state index < -0.39 is 0 Å². The molecule has 0 bridgehead atoms. The molecule has 0 radical (unpaired) electrons. The molecule has 0 aromatic heterocycles. The third kappa shape index (κ3) is 5.07. The predicted molar refractivity (Wildman–Crippen MR) is 86.2 cm³/mol. The third-order valence-corrected chi connectivity index (χ3v) is 3.40. The van der Waals surface area contributed by atoms with E-state index in [0.717, 1.165) is 37.1 Å². The summed E-state index contributed by atoms with van der Waals surface area (Å²) in [5, 5.41) is 9.13.